The first-order valence-corrected chi connectivity index (χ1v) is 31.1. The van der Waals surface area contributed by atoms with E-state index in [1.165, 1.54) is 35.0 Å². The molecule has 0 bridgehead atoms. The molecule has 8 rings (SSSR count). The molecule has 0 radical (unpaired) electrons. The van der Waals surface area contributed by atoms with E-state index in [4.69, 9.17) is 21.1 Å². The molecule has 5 aromatic rings. The Morgan fingerprint density at radius 1 is 0.778 bits per heavy atom. The Hall–Kier alpha value is -6.10. The summed E-state index contributed by atoms with van der Waals surface area (Å²) < 4.78 is 110. The molecular formula is C59H68ClF3N6O9S3. The lowest BCUT2D eigenvalue weighted by Gasteiger charge is -2.44. The molecule has 15 nitrogen and oxygen atoms in total. The van der Waals surface area contributed by atoms with Gasteiger partial charge < -0.3 is 24.6 Å². The van der Waals surface area contributed by atoms with Gasteiger partial charge in [0.1, 0.15) is 17.1 Å². The van der Waals surface area contributed by atoms with E-state index in [1.807, 2.05) is 37.6 Å². The van der Waals surface area contributed by atoms with Crippen molar-refractivity contribution in [3.8, 4) is 0 Å². The van der Waals surface area contributed by atoms with Gasteiger partial charge in [-0.05, 0) is 129 Å². The van der Waals surface area contributed by atoms with Crippen molar-refractivity contribution < 1.29 is 53.9 Å². The van der Waals surface area contributed by atoms with Gasteiger partial charge in [-0.25, -0.2) is 26.4 Å². The molecule has 2 heterocycles. The van der Waals surface area contributed by atoms with Gasteiger partial charge in [-0.3, -0.25) is 19.4 Å². The number of amides is 2. The quantitative estimate of drug-likeness (QED) is 0.0590. The van der Waals surface area contributed by atoms with Crippen LogP contribution < -0.4 is 14.9 Å². The Labute approximate surface area is 482 Å². The number of rotatable bonds is 19. The summed E-state index contributed by atoms with van der Waals surface area (Å²) in [5, 5.41) is 3.42. The lowest BCUT2D eigenvalue weighted by Crippen LogP contribution is -2.52. The fourth-order valence-electron chi connectivity index (χ4n) is 10.3. The normalized spacial score (nSPS) is 18.3. The first kappa shape index (κ1) is 61.0. The molecule has 2 N–H and O–H groups in total. The number of thioether (sulfide) groups is 1. The number of allylic oxidation sites excluding steroid dienone is 1. The van der Waals surface area contributed by atoms with Crippen molar-refractivity contribution in [3.05, 3.63) is 155 Å². The standard InChI is InChI=1S/C59H68ClF3N6O9S3/c1-57(2,3)78-56(72)69-33-29-67(30-34-69)41-58(4)26-25-51(43-15-19-46(60)20-16-43)45(37-58)38-66-27-31-68(32-28-66)48-21-17-44(18-22-48)55(71)65-81(75,76)50-23-24-52(53(36-50)80(73,74)59(61,62)63)64-47(40-79-49-13-9-6-10-14-49)35-54(70)77-39-42-11-7-5-8-12-42/h5-24,36,47,64H,25-35,37-41H2,1-4H3,(H,65,71)/t47-,58-/m1/s1. The van der Waals surface area contributed by atoms with Gasteiger partial charge in [-0.1, -0.05) is 84.8 Å². The summed E-state index contributed by atoms with van der Waals surface area (Å²) >= 11 is 7.57. The van der Waals surface area contributed by atoms with Crippen molar-refractivity contribution in [1.82, 2.24) is 19.4 Å². The molecular weight excluding hydrogens is 1130 g/mol. The minimum Gasteiger partial charge on any atom is -0.461 e. The van der Waals surface area contributed by atoms with Crippen molar-refractivity contribution in [3.63, 3.8) is 0 Å². The van der Waals surface area contributed by atoms with Crippen LogP contribution in [0.3, 0.4) is 0 Å². The third-order valence-corrected chi connectivity index (χ3v) is 18.7. The van der Waals surface area contributed by atoms with E-state index in [0.29, 0.717) is 42.8 Å². The number of nitrogens with zero attached hydrogens (tertiary/aromatic N) is 4. The molecule has 2 amide bonds. The number of sulfone groups is 1. The van der Waals surface area contributed by atoms with Gasteiger partial charge in [0, 0.05) is 98.4 Å². The molecule has 2 saturated heterocycles. The number of carbonyl (C=O) groups excluding carboxylic acids is 3. The highest BCUT2D eigenvalue weighted by molar-refractivity contribution is 7.99. The molecule has 2 aliphatic heterocycles. The molecule has 5 aromatic carbocycles. The topological polar surface area (TPSA) is 175 Å². The molecule has 0 spiro atoms. The summed E-state index contributed by atoms with van der Waals surface area (Å²) in [6.45, 7) is 15.2. The van der Waals surface area contributed by atoms with Gasteiger partial charge in [-0.15, -0.1) is 11.8 Å². The average Bonchev–Trinajstić information content (AvgIpc) is 3.58. The Bertz CT molecular complexity index is 3260. The Morgan fingerprint density at radius 2 is 1.41 bits per heavy atom. The lowest BCUT2D eigenvalue weighted by molar-refractivity contribution is -0.145. The van der Waals surface area contributed by atoms with Gasteiger partial charge >= 0.3 is 17.6 Å². The smallest absolute Gasteiger partial charge is 0.461 e. The summed E-state index contributed by atoms with van der Waals surface area (Å²) in [5.41, 5.74) is -1.68. The van der Waals surface area contributed by atoms with Crippen LogP contribution in [-0.2, 0) is 40.7 Å². The number of alkyl halides is 3. The number of ether oxygens (including phenoxy) is 2. The number of nitrogens with one attached hydrogen (secondary N) is 2. The van der Waals surface area contributed by atoms with Crippen LogP contribution in [-0.4, -0.2) is 138 Å². The third kappa shape index (κ3) is 16.6. The van der Waals surface area contributed by atoms with Gasteiger partial charge in [0.15, 0.2) is 0 Å². The predicted octanol–water partition coefficient (Wildman–Crippen LogP) is 10.8. The molecule has 1 aliphatic carbocycles. The van der Waals surface area contributed by atoms with Gasteiger partial charge in [0.2, 0.25) is 0 Å². The Morgan fingerprint density at radius 3 is 2.04 bits per heavy atom. The summed E-state index contributed by atoms with van der Waals surface area (Å²) in [4.78, 5) is 46.7. The summed E-state index contributed by atoms with van der Waals surface area (Å²) in [7, 11) is -11.2. The summed E-state index contributed by atoms with van der Waals surface area (Å²) in [6, 6.07) is 33.1. The van der Waals surface area contributed by atoms with Crippen LogP contribution in [0.15, 0.2) is 148 Å². The van der Waals surface area contributed by atoms with Gasteiger partial charge in [0.05, 0.1) is 17.0 Å². The summed E-state index contributed by atoms with van der Waals surface area (Å²) in [6.07, 6.45) is 2.18. The maximum atomic E-state index is 14.3. The highest BCUT2D eigenvalue weighted by Gasteiger charge is 2.49. The monoisotopic (exact) mass is 1190 g/mol. The van der Waals surface area contributed by atoms with Crippen LogP contribution in [0, 0.1) is 5.41 Å². The molecule has 0 aromatic heterocycles. The maximum Gasteiger partial charge on any atom is 0.501 e. The Kier molecular flexibility index (Phi) is 19.6. The largest absolute Gasteiger partial charge is 0.501 e. The predicted molar refractivity (Wildman–Crippen MR) is 309 cm³/mol. The van der Waals surface area contributed by atoms with Crippen molar-refractivity contribution in [2.24, 2.45) is 5.41 Å². The van der Waals surface area contributed by atoms with E-state index >= 15 is 0 Å². The first-order chi connectivity index (χ1) is 38.3. The zero-order valence-electron chi connectivity index (χ0n) is 45.7. The van der Waals surface area contributed by atoms with E-state index in [-0.39, 0.29) is 29.4 Å². The second kappa shape index (κ2) is 26.0. The van der Waals surface area contributed by atoms with Gasteiger partial charge in [0.25, 0.3) is 25.8 Å². The highest BCUT2D eigenvalue weighted by Crippen LogP contribution is 2.44. The first-order valence-electron chi connectivity index (χ1n) is 26.7. The van der Waals surface area contributed by atoms with E-state index in [1.54, 1.807) is 77.7 Å². The lowest BCUT2D eigenvalue weighted by atomic mass is 9.71. The average molecular weight is 1190 g/mol. The molecule has 81 heavy (non-hydrogen) atoms. The highest BCUT2D eigenvalue weighted by atomic mass is 35.5. The number of hydrogen-bond donors (Lipinski definition) is 2. The van der Waals surface area contributed by atoms with Gasteiger partial charge in [-0.2, -0.15) is 13.2 Å². The van der Waals surface area contributed by atoms with Crippen LogP contribution in [0.1, 0.15) is 74.9 Å². The number of piperazine rings is 2. The number of benzene rings is 5. The van der Waals surface area contributed by atoms with Crippen LogP contribution in [0.25, 0.3) is 5.57 Å². The zero-order chi connectivity index (χ0) is 58.2. The van der Waals surface area contributed by atoms with E-state index < -0.39 is 70.8 Å². The third-order valence-electron chi connectivity index (χ3n) is 14.4. The van der Waals surface area contributed by atoms with Crippen LogP contribution in [0.4, 0.5) is 29.3 Å². The molecule has 3 aliphatic rings. The number of esters is 1. The van der Waals surface area contributed by atoms with E-state index in [2.05, 4.69) is 39.1 Å². The minimum atomic E-state index is -6.21. The minimum absolute atomic E-state index is 0.0165. The molecule has 0 unspecified atom stereocenters. The molecule has 0 saturated carbocycles. The Balaban J connectivity index is 0.906. The molecule has 2 atom stereocenters. The number of carbonyl (C=O) groups is 3. The van der Waals surface area contributed by atoms with Crippen molar-refractivity contribution in [2.75, 3.05) is 81.4 Å². The van der Waals surface area contributed by atoms with E-state index in [0.717, 1.165) is 86.8 Å². The van der Waals surface area contributed by atoms with Crippen LogP contribution in [0.5, 0.6) is 0 Å². The fraction of sp³-hybridized carbons (Fsp3) is 0.407. The zero-order valence-corrected chi connectivity index (χ0v) is 48.9. The van der Waals surface area contributed by atoms with Crippen LogP contribution >= 0.6 is 23.4 Å². The van der Waals surface area contributed by atoms with Crippen LogP contribution in [0.2, 0.25) is 5.02 Å². The van der Waals surface area contributed by atoms with E-state index in [9.17, 15) is 44.4 Å². The van der Waals surface area contributed by atoms with Crippen molar-refractivity contribution in [2.45, 2.75) is 91.8 Å². The SMILES string of the molecule is CC(C)(C)OC(=O)N1CCN(C[C@]2(C)CCC(c3ccc(Cl)cc3)=C(CN3CCN(c4ccc(C(=O)NS(=O)(=O)c5ccc(N[C@@H](CSc6ccccc6)CC(=O)OCc6ccccc6)c(S(=O)(=O)C(F)(F)F)c5)cc4)CC3)C2)CC1. The maximum absolute atomic E-state index is 14.3. The number of anilines is 2. The molecule has 434 valence electrons. The second-order valence-corrected chi connectivity index (χ2v) is 27.1. The summed E-state index contributed by atoms with van der Waals surface area (Å²) in [5.74, 6) is -1.75. The van der Waals surface area contributed by atoms with Crippen molar-refractivity contribution in [1.29, 1.82) is 0 Å². The fourth-order valence-corrected chi connectivity index (χ4v) is 13.4. The number of halogens is 4. The molecule has 22 heteroatoms. The van der Waals surface area contributed by atoms with Crippen molar-refractivity contribution >= 4 is 78.1 Å². The second-order valence-electron chi connectivity index (χ2n) is 22.0. The number of sulfonamides is 1. The number of hydrogen-bond acceptors (Lipinski definition) is 14. The molecule has 2 fully saturated rings.